The van der Waals surface area contributed by atoms with Crippen molar-refractivity contribution in [1.82, 2.24) is 0 Å². The molecule has 0 aliphatic heterocycles. The summed E-state index contributed by atoms with van der Waals surface area (Å²) in [5.41, 5.74) is 2.82. The number of amides is 1. The van der Waals surface area contributed by atoms with E-state index in [4.69, 9.17) is 16.3 Å². The van der Waals surface area contributed by atoms with E-state index in [-0.39, 0.29) is 23.3 Å². The number of carbonyl (C=O) groups is 1. The average Bonchev–Trinajstić information content (AvgIpc) is 2.35. The van der Waals surface area contributed by atoms with Crippen molar-refractivity contribution in [1.29, 1.82) is 0 Å². The van der Waals surface area contributed by atoms with E-state index in [0.717, 1.165) is 16.8 Å². The van der Waals surface area contributed by atoms with Crippen LogP contribution in [-0.2, 0) is 21.6 Å². The highest BCUT2D eigenvalue weighted by atomic mass is 35.5. The normalized spacial score (nSPS) is 11.8. The van der Waals surface area contributed by atoms with Crippen LogP contribution in [0.3, 0.4) is 0 Å². The molecule has 0 aliphatic rings. The Morgan fingerprint density at radius 2 is 2.00 bits per heavy atom. The lowest BCUT2D eigenvalue weighted by atomic mass is 9.84. The highest BCUT2D eigenvalue weighted by Gasteiger charge is 2.21. The van der Waals surface area contributed by atoms with E-state index in [1.54, 1.807) is 0 Å². The zero-order chi connectivity index (χ0) is 15.3. The van der Waals surface area contributed by atoms with Crippen LogP contribution in [0.15, 0.2) is 18.2 Å². The summed E-state index contributed by atoms with van der Waals surface area (Å²) < 4.78 is 5.67. The summed E-state index contributed by atoms with van der Waals surface area (Å²) in [6.45, 7) is 10.8. The van der Waals surface area contributed by atoms with Gasteiger partial charge in [-0.15, -0.1) is 11.6 Å². The van der Waals surface area contributed by atoms with Crippen LogP contribution < -0.4 is 5.32 Å². The third-order valence-electron chi connectivity index (χ3n) is 2.92. The van der Waals surface area contributed by atoms with Gasteiger partial charge in [-0.1, -0.05) is 39.0 Å². The van der Waals surface area contributed by atoms with Gasteiger partial charge in [-0.3, -0.25) is 4.79 Å². The minimum Gasteiger partial charge on any atom is -0.374 e. The van der Waals surface area contributed by atoms with Crippen molar-refractivity contribution >= 4 is 23.2 Å². The number of carbonyl (C=O) groups excluding carboxylic acids is 1. The van der Waals surface area contributed by atoms with Gasteiger partial charge >= 0.3 is 0 Å². The van der Waals surface area contributed by atoms with Gasteiger partial charge in [0.05, 0.1) is 18.4 Å². The lowest BCUT2D eigenvalue weighted by Crippen LogP contribution is -2.21. The Bertz CT molecular complexity index is 464. The molecule has 0 fully saturated rings. The molecular formula is C16H24ClNO2. The molecule has 0 saturated heterocycles. The highest BCUT2D eigenvalue weighted by molar-refractivity contribution is 6.29. The fourth-order valence-corrected chi connectivity index (χ4v) is 1.99. The van der Waals surface area contributed by atoms with Crippen molar-refractivity contribution in [3.05, 3.63) is 29.3 Å². The number of nitrogens with one attached hydrogen (secondary N) is 1. The highest BCUT2D eigenvalue weighted by Crippen LogP contribution is 2.32. The van der Waals surface area contributed by atoms with Crippen LogP contribution >= 0.6 is 11.6 Å². The van der Waals surface area contributed by atoms with E-state index in [1.807, 2.05) is 32.0 Å². The number of alkyl halides is 1. The number of benzene rings is 1. The summed E-state index contributed by atoms with van der Waals surface area (Å²) in [6, 6.07) is 6.00. The van der Waals surface area contributed by atoms with Crippen molar-refractivity contribution in [3.8, 4) is 0 Å². The Balaban J connectivity index is 3.18. The Hall–Kier alpha value is -1.06. The van der Waals surface area contributed by atoms with E-state index in [1.165, 1.54) is 0 Å². The number of ether oxygens (including phenoxy) is 1. The molecule has 112 valence electrons. The molecule has 0 heterocycles. The molecular weight excluding hydrogens is 274 g/mol. The number of rotatable bonds is 5. The molecule has 0 spiro atoms. The zero-order valence-electron chi connectivity index (χ0n) is 12.9. The molecule has 4 heteroatoms. The molecule has 0 atom stereocenters. The molecule has 3 nitrogen and oxygen atoms in total. The summed E-state index contributed by atoms with van der Waals surface area (Å²) in [6.07, 6.45) is 0.143. The Kier molecular flexibility index (Phi) is 6.03. The van der Waals surface area contributed by atoms with Gasteiger partial charge in [0.1, 0.15) is 5.88 Å². The van der Waals surface area contributed by atoms with Gasteiger partial charge in [0.25, 0.3) is 0 Å². The molecule has 0 bridgehead atoms. The van der Waals surface area contributed by atoms with Gasteiger partial charge in [-0.05, 0) is 24.8 Å². The second kappa shape index (κ2) is 7.09. The first kappa shape index (κ1) is 17.0. The molecule has 0 saturated carbocycles. The van der Waals surface area contributed by atoms with E-state index >= 15 is 0 Å². The molecule has 0 aromatic heterocycles. The SMILES string of the molecule is CC(C)OCc1cccc(C(C)(C)C)c1NC(=O)CCl. The summed E-state index contributed by atoms with van der Waals surface area (Å²) in [5.74, 6) is -0.252. The van der Waals surface area contributed by atoms with Crippen LogP contribution in [0.25, 0.3) is 0 Å². The number of anilines is 1. The first-order valence-corrected chi connectivity index (χ1v) is 7.39. The third-order valence-corrected chi connectivity index (χ3v) is 3.16. The number of halogens is 1. The van der Waals surface area contributed by atoms with Crippen LogP contribution in [0.2, 0.25) is 0 Å². The fraction of sp³-hybridized carbons (Fsp3) is 0.562. The average molecular weight is 298 g/mol. The Labute approximate surface area is 126 Å². The first-order valence-electron chi connectivity index (χ1n) is 6.85. The quantitative estimate of drug-likeness (QED) is 0.831. The van der Waals surface area contributed by atoms with Crippen molar-refractivity contribution in [2.24, 2.45) is 0 Å². The van der Waals surface area contributed by atoms with Crippen LogP contribution in [0.4, 0.5) is 5.69 Å². The fourth-order valence-electron chi connectivity index (χ4n) is 1.92. The van der Waals surface area contributed by atoms with E-state index in [9.17, 15) is 4.79 Å². The summed E-state index contributed by atoms with van der Waals surface area (Å²) in [4.78, 5) is 11.7. The first-order chi connectivity index (χ1) is 9.25. The maximum Gasteiger partial charge on any atom is 0.239 e. The second-order valence-corrected chi connectivity index (χ2v) is 6.40. The zero-order valence-corrected chi connectivity index (χ0v) is 13.7. The van der Waals surface area contributed by atoms with Crippen molar-refractivity contribution < 1.29 is 9.53 Å². The summed E-state index contributed by atoms with van der Waals surface area (Å²) in [5, 5.41) is 2.91. The largest absolute Gasteiger partial charge is 0.374 e. The Morgan fingerprint density at radius 3 is 2.50 bits per heavy atom. The topological polar surface area (TPSA) is 38.3 Å². The van der Waals surface area contributed by atoms with E-state index < -0.39 is 0 Å². The molecule has 0 unspecified atom stereocenters. The molecule has 1 rings (SSSR count). The van der Waals surface area contributed by atoms with Crippen LogP contribution in [0.5, 0.6) is 0 Å². The number of hydrogen-bond acceptors (Lipinski definition) is 2. The van der Waals surface area contributed by atoms with E-state index in [2.05, 4.69) is 26.1 Å². The molecule has 1 aromatic carbocycles. The minimum absolute atomic E-state index is 0.0526. The van der Waals surface area contributed by atoms with Gasteiger partial charge < -0.3 is 10.1 Å². The van der Waals surface area contributed by atoms with Crippen molar-refractivity contribution in [2.75, 3.05) is 11.2 Å². The van der Waals surface area contributed by atoms with Gasteiger partial charge in [0.2, 0.25) is 5.91 Å². The summed E-state index contributed by atoms with van der Waals surface area (Å²) in [7, 11) is 0. The smallest absolute Gasteiger partial charge is 0.239 e. The maximum atomic E-state index is 11.7. The molecule has 1 amide bonds. The van der Waals surface area contributed by atoms with Crippen LogP contribution in [-0.4, -0.2) is 17.9 Å². The lowest BCUT2D eigenvalue weighted by molar-refractivity contribution is -0.113. The lowest BCUT2D eigenvalue weighted by Gasteiger charge is -2.25. The maximum absolute atomic E-state index is 11.7. The number of para-hydroxylation sites is 1. The minimum atomic E-state index is -0.200. The monoisotopic (exact) mass is 297 g/mol. The third kappa shape index (κ3) is 4.80. The van der Waals surface area contributed by atoms with Crippen LogP contribution in [0.1, 0.15) is 45.7 Å². The molecule has 0 aliphatic carbocycles. The molecule has 0 radical (unpaired) electrons. The van der Waals surface area contributed by atoms with Gasteiger partial charge in [-0.2, -0.15) is 0 Å². The standard InChI is InChI=1S/C16H24ClNO2/c1-11(2)20-10-12-7-6-8-13(16(3,4)5)15(12)18-14(19)9-17/h6-8,11H,9-10H2,1-5H3,(H,18,19). The predicted octanol–water partition coefficient (Wildman–Crippen LogP) is 4.09. The van der Waals surface area contributed by atoms with Crippen molar-refractivity contribution in [3.63, 3.8) is 0 Å². The molecule has 20 heavy (non-hydrogen) atoms. The number of hydrogen-bond donors (Lipinski definition) is 1. The van der Waals surface area contributed by atoms with Crippen LogP contribution in [0, 0.1) is 0 Å². The van der Waals surface area contributed by atoms with E-state index in [0.29, 0.717) is 6.61 Å². The van der Waals surface area contributed by atoms with Gasteiger partial charge in [0.15, 0.2) is 0 Å². The summed E-state index contributed by atoms with van der Waals surface area (Å²) >= 11 is 5.61. The van der Waals surface area contributed by atoms with Gasteiger partial charge in [-0.25, -0.2) is 0 Å². The second-order valence-electron chi connectivity index (χ2n) is 6.13. The Morgan fingerprint density at radius 1 is 1.35 bits per heavy atom. The van der Waals surface area contributed by atoms with Crippen molar-refractivity contribution in [2.45, 2.75) is 52.7 Å². The predicted molar refractivity (Wildman–Crippen MR) is 84.4 cm³/mol. The molecule has 1 aromatic rings. The molecule has 1 N–H and O–H groups in total. The van der Waals surface area contributed by atoms with Gasteiger partial charge in [0, 0.05) is 5.56 Å².